The largest absolute Gasteiger partial charge is 0.466 e. The van der Waals surface area contributed by atoms with E-state index in [1.54, 1.807) is 48.5 Å². The highest BCUT2D eigenvalue weighted by Gasteiger charge is 2.41. The fourth-order valence-corrected chi connectivity index (χ4v) is 5.19. The molecule has 1 heterocycles. The fourth-order valence-electron chi connectivity index (χ4n) is 4.93. The number of hydrogen-bond acceptors (Lipinski definition) is 4. The van der Waals surface area contributed by atoms with E-state index in [1.165, 1.54) is 31.4 Å². The molecule has 1 aliphatic rings. The summed E-state index contributed by atoms with van der Waals surface area (Å²) in [5.74, 6) is -1.28. The molecule has 8 heteroatoms. The third-order valence-corrected chi connectivity index (χ3v) is 7.22. The van der Waals surface area contributed by atoms with Gasteiger partial charge in [0.1, 0.15) is 11.6 Å². The fraction of sp³-hybridized carbons (Fsp3) is 0.129. The summed E-state index contributed by atoms with van der Waals surface area (Å²) in [6, 6.07) is 25.7. The highest BCUT2D eigenvalue weighted by atomic mass is 35.5. The number of esters is 1. The van der Waals surface area contributed by atoms with E-state index < -0.39 is 17.8 Å². The summed E-state index contributed by atoms with van der Waals surface area (Å²) in [5, 5.41) is 4.54. The predicted molar refractivity (Wildman–Crippen MR) is 151 cm³/mol. The first-order valence-electron chi connectivity index (χ1n) is 12.2. The Bertz CT molecular complexity index is 1490. The number of halogens is 4. The summed E-state index contributed by atoms with van der Waals surface area (Å²) in [4.78, 5) is 15.5. The van der Waals surface area contributed by atoms with E-state index in [9.17, 15) is 13.6 Å². The Labute approximate surface area is 235 Å². The van der Waals surface area contributed by atoms with Crippen LogP contribution in [0, 0.1) is 11.6 Å². The molecule has 39 heavy (non-hydrogen) atoms. The van der Waals surface area contributed by atoms with Crippen molar-refractivity contribution in [3.8, 4) is 0 Å². The average Bonchev–Trinajstić information content (AvgIpc) is 2.95. The van der Waals surface area contributed by atoms with Gasteiger partial charge in [0, 0.05) is 33.5 Å². The van der Waals surface area contributed by atoms with Crippen LogP contribution in [0.1, 0.15) is 29.6 Å². The molecule has 2 unspecified atom stereocenters. The van der Waals surface area contributed by atoms with Crippen LogP contribution in [-0.2, 0) is 9.53 Å². The number of methoxy groups -OCH3 is 1. The van der Waals surface area contributed by atoms with Crippen molar-refractivity contribution in [1.82, 2.24) is 0 Å². The van der Waals surface area contributed by atoms with Gasteiger partial charge >= 0.3 is 5.97 Å². The summed E-state index contributed by atoms with van der Waals surface area (Å²) < 4.78 is 33.3. The Morgan fingerprint density at radius 3 is 1.85 bits per heavy atom. The first kappa shape index (κ1) is 26.7. The van der Waals surface area contributed by atoms with Gasteiger partial charge in [-0.15, -0.1) is 0 Å². The molecule has 0 spiro atoms. The van der Waals surface area contributed by atoms with Crippen LogP contribution in [-0.4, -0.2) is 13.1 Å². The van der Waals surface area contributed by atoms with Gasteiger partial charge in [-0.2, -0.15) is 0 Å². The number of nitrogens with zero attached hydrogens (tertiary/aromatic N) is 1. The minimum atomic E-state index is -0.683. The molecule has 0 radical (unpaired) electrons. The smallest absolute Gasteiger partial charge is 0.337 e. The molecule has 0 saturated carbocycles. The summed E-state index contributed by atoms with van der Waals surface area (Å²) in [5.41, 5.74) is 4.00. The Kier molecular flexibility index (Phi) is 7.87. The standard InChI is InChI=1S/C31H24Cl2F2N2O2/c1-39-31(38)29-27(36-25-14-6-21(32)7-15-25)18-28(19-2-10-23(34)11-3-19)37(26-16-8-22(33)9-17-26)30(29)20-4-12-24(35)13-5-20/h2-17,28,30,36H,18H2,1H3. The van der Waals surface area contributed by atoms with Crippen molar-refractivity contribution in [3.63, 3.8) is 0 Å². The minimum absolute atomic E-state index is 0.343. The maximum absolute atomic E-state index is 14.0. The van der Waals surface area contributed by atoms with Crippen LogP contribution in [0.5, 0.6) is 0 Å². The SMILES string of the molecule is COC(=O)C1=C(Nc2ccc(Cl)cc2)CC(c2ccc(F)cc2)N(c2ccc(Cl)cc2)C1c1ccc(F)cc1. The molecule has 0 saturated heterocycles. The maximum atomic E-state index is 14.0. The monoisotopic (exact) mass is 564 g/mol. The molecule has 0 amide bonds. The van der Waals surface area contributed by atoms with E-state index in [-0.39, 0.29) is 11.9 Å². The number of anilines is 2. The van der Waals surface area contributed by atoms with Crippen molar-refractivity contribution in [2.24, 2.45) is 0 Å². The molecule has 0 aliphatic carbocycles. The second-order valence-electron chi connectivity index (χ2n) is 9.12. The van der Waals surface area contributed by atoms with Gasteiger partial charge in [0.15, 0.2) is 0 Å². The first-order chi connectivity index (χ1) is 18.8. The molecule has 1 N–H and O–H groups in total. The lowest BCUT2D eigenvalue weighted by Crippen LogP contribution is -2.41. The Morgan fingerprint density at radius 1 is 0.795 bits per heavy atom. The topological polar surface area (TPSA) is 41.6 Å². The molecule has 0 fully saturated rings. The van der Waals surface area contributed by atoms with Crippen LogP contribution >= 0.6 is 23.2 Å². The predicted octanol–water partition coefficient (Wildman–Crippen LogP) is 8.50. The van der Waals surface area contributed by atoms with Crippen molar-refractivity contribution in [3.05, 3.63) is 141 Å². The zero-order valence-electron chi connectivity index (χ0n) is 20.9. The first-order valence-corrected chi connectivity index (χ1v) is 13.0. The molecule has 4 nitrogen and oxygen atoms in total. The second kappa shape index (κ2) is 11.5. The van der Waals surface area contributed by atoms with E-state index in [0.29, 0.717) is 33.3 Å². The van der Waals surface area contributed by atoms with Gasteiger partial charge in [-0.3, -0.25) is 0 Å². The lowest BCUT2D eigenvalue weighted by Gasteiger charge is -2.46. The number of nitrogens with one attached hydrogen (secondary N) is 1. The third kappa shape index (κ3) is 5.77. The van der Waals surface area contributed by atoms with Crippen molar-refractivity contribution in [2.45, 2.75) is 18.5 Å². The van der Waals surface area contributed by atoms with Crippen molar-refractivity contribution < 1.29 is 18.3 Å². The Morgan fingerprint density at radius 2 is 1.31 bits per heavy atom. The van der Waals surface area contributed by atoms with Gasteiger partial charge in [0.25, 0.3) is 0 Å². The van der Waals surface area contributed by atoms with Gasteiger partial charge in [-0.25, -0.2) is 13.6 Å². The number of ether oxygens (including phenoxy) is 1. The van der Waals surface area contributed by atoms with Crippen LogP contribution < -0.4 is 10.2 Å². The quantitative estimate of drug-likeness (QED) is 0.238. The molecule has 198 valence electrons. The highest BCUT2D eigenvalue weighted by molar-refractivity contribution is 6.30. The Hall–Kier alpha value is -3.87. The molecule has 1 aliphatic heterocycles. The number of carbonyl (C=O) groups excluding carboxylic acids is 1. The molecular weight excluding hydrogens is 541 g/mol. The second-order valence-corrected chi connectivity index (χ2v) is 10.00. The minimum Gasteiger partial charge on any atom is -0.466 e. The molecule has 2 atom stereocenters. The van der Waals surface area contributed by atoms with Gasteiger partial charge in [0.05, 0.1) is 24.8 Å². The number of rotatable bonds is 6. The van der Waals surface area contributed by atoms with E-state index in [4.69, 9.17) is 27.9 Å². The summed E-state index contributed by atoms with van der Waals surface area (Å²) in [6.07, 6.45) is 0.360. The zero-order chi connectivity index (χ0) is 27.5. The third-order valence-electron chi connectivity index (χ3n) is 6.72. The van der Waals surface area contributed by atoms with Crippen molar-refractivity contribution in [1.29, 1.82) is 0 Å². The summed E-state index contributed by atoms with van der Waals surface area (Å²) >= 11 is 12.3. The number of hydrogen-bond donors (Lipinski definition) is 1. The lowest BCUT2D eigenvalue weighted by atomic mass is 9.84. The van der Waals surface area contributed by atoms with Gasteiger partial charge in [-0.1, -0.05) is 47.5 Å². The molecule has 4 aromatic rings. The van der Waals surface area contributed by atoms with Crippen molar-refractivity contribution in [2.75, 3.05) is 17.3 Å². The molecule has 0 bridgehead atoms. The van der Waals surface area contributed by atoms with Crippen LogP contribution in [0.15, 0.2) is 108 Å². The van der Waals surface area contributed by atoms with Crippen LogP contribution in [0.25, 0.3) is 0 Å². The van der Waals surface area contributed by atoms with Crippen LogP contribution in [0.2, 0.25) is 10.0 Å². The molecule has 0 aromatic heterocycles. The Balaban J connectivity index is 1.77. The highest BCUT2D eigenvalue weighted by Crippen LogP contribution is 2.48. The normalized spacial score (nSPS) is 17.2. The van der Waals surface area contributed by atoms with E-state index in [2.05, 4.69) is 10.2 Å². The van der Waals surface area contributed by atoms with E-state index in [0.717, 1.165) is 16.9 Å². The number of benzene rings is 4. The van der Waals surface area contributed by atoms with Crippen LogP contribution in [0.4, 0.5) is 20.2 Å². The van der Waals surface area contributed by atoms with Crippen LogP contribution in [0.3, 0.4) is 0 Å². The molecular formula is C31H24Cl2F2N2O2. The lowest BCUT2D eigenvalue weighted by molar-refractivity contribution is -0.136. The number of carbonyl (C=O) groups is 1. The summed E-state index contributed by atoms with van der Waals surface area (Å²) in [7, 11) is 1.33. The van der Waals surface area contributed by atoms with E-state index in [1.807, 2.05) is 24.3 Å². The van der Waals surface area contributed by atoms with E-state index >= 15 is 0 Å². The van der Waals surface area contributed by atoms with Crippen molar-refractivity contribution >= 4 is 40.5 Å². The molecule has 4 aromatic carbocycles. The maximum Gasteiger partial charge on any atom is 0.337 e. The summed E-state index contributed by atoms with van der Waals surface area (Å²) in [6.45, 7) is 0. The van der Waals surface area contributed by atoms with Gasteiger partial charge < -0.3 is 15.0 Å². The average molecular weight is 565 g/mol. The van der Waals surface area contributed by atoms with Gasteiger partial charge in [0.2, 0.25) is 0 Å². The molecule has 5 rings (SSSR count). The zero-order valence-corrected chi connectivity index (χ0v) is 22.4. The van der Waals surface area contributed by atoms with Gasteiger partial charge in [-0.05, 0) is 83.9 Å².